The molecule has 0 fully saturated rings. The van der Waals surface area contributed by atoms with E-state index in [2.05, 4.69) is 65.8 Å². The van der Waals surface area contributed by atoms with E-state index in [-0.39, 0.29) is 30.0 Å². The maximum Gasteiger partial charge on any atom is 0.191 e. The summed E-state index contributed by atoms with van der Waals surface area (Å²) in [6.45, 7) is 6.91. The molecule has 0 saturated heterocycles. The third-order valence-corrected chi connectivity index (χ3v) is 3.86. The second-order valence-electron chi connectivity index (χ2n) is 5.53. The molecule has 2 rings (SSSR count). The van der Waals surface area contributed by atoms with Crippen molar-refractivity contribution >= 4 is 29.9 Å². The number of benzene rings is 1. The Hall–Kier alpha value is -1.57. The average molecular weight is 442 g/mol. The average Bonchev–Trinajstić information content (AvgIpc) is 3.06. The summed E-state index contributed by atoms with van der Waals surface area (Å²) in [5, 5.41) is 10.6. The highest BCUT2D eigenvalue weighted by Crippen LogP contribution is 2.13. The first kappa shape index (κ1) is 20.5. The van der Waals surface area contributed by atoms with E-state index in [1.165, 1.54) is 11.1 Å². The lowest BCUT2D eigenvalue weighted by atomic mass is 10.1. The van der Waals surface area contributed by atoms with Crippen molar-refractivity contribution < 1.29 is 4.52 Å². The van der Waals surface area contributed by atoms with Crippen LogP contribution in [0.25, 0.3) is 0 Å². The van der Waals surface area contributed by atoms with Gasteiger partial charge in [-0.1, -0.05) is 43.3 Å². The molecule has 1 aromatic carbocycles. The third kappa shape index (κ3) is 5.81. The summed E-state index contributed by atoms with van der Waals surface area (Å²) < 4.78 is 5.27. The van der Waals surface area contributed by atoms with Crippen LogP contribution in [-0.2, 0) is 19.4 Å². The Labute approximate surface area is 161 Å². The molecular formula is C18H27IN4O. The lowest BCUT2D eigenvalue weighted by molar-refractivity contribution is 0.374. The van der Waals surface area contributed by atoms with Crippen molar-refractivity contribution in [1.29, 1.82) is 0 Å². The molecule has 2 aromatic rings. The normalized spacial score (nSPS) is 12.4. The summed E-state index contributed by atoms with van der Waals surface area (Å²) in [4.78, 5) is 4.26. The first-order valence-electron chi connectivity index (χ1n) is 8.16. The van der Waals surface area contributed by atoms with Crippen molar-refractivity contribution in [3.05, 3.63) is 52.9 Å². The molecule has 1 aromatic heterocycles. The van der Waals surface area contributed by atoms with E-state index in [0.29, 0.717) is 6.54 Å². The summed E-state index contributed by atoms with van der Waals surface area (Å²) in [6, 6.07) is 10.8. The van der Waals surface area contributed by atoms with Gasteiger partial charge in [0.05, 0.1) is 18.3 Å². The molecule has 0 bridgehead atoms. The van der Waals surface area contributed by atoms with E-state index >= 15 is 0 Å². The van der Waals surface area contributed by atoms with E-state index in [1.54, 1.807) is 7.05 Å². The predicted octanol–water partition coefficient (Wildman–Crippen LogP) is 3.84. The van der Waals surface area contributed by atoms with Gasteiger partial charge in [0.15, 0.2) is 11.7 Å². The van der Waals surface area contributed by atoms with Crippen molar-refractivity contribution in [2.45, 2.75) is 46.2 Å². The van der Waals surface area contributed by atoms with Gasteiger partial charge in [0.25, 0.3) is 0 Å². The molecule has 0 aliphatic heterocycles. The number of nitrogens with zero attached hydrogens (tertiary/aromatic N) is 2. The Morgan fingerprint density at radius 1 is 1.21 bits per heavy atom. The molecule has 0 radical (unpaired) electrons. The monoisotopic (exact) mass is 442 g/mol. The molecule has 0 aliphatic rings. The van der Waals surface area contributed by atoms with E-state index in [4.69, 9.17) is 4.52 Å². The smallest absolute Gasteiger partial charge is 0.191 e. The Morgan fingerprint density at radius 3 is 2.46 bits per heavy atom. The molecule has 0 aliphatic carbocycles. The van der Waals surface area contributed by atoms with Crippen molar-refractivity contribution in [1.82, 2.24) is 15.8 Å². The summed E-state index contributed by atoms with van der Waals surface area (Å²) in [7, 11) is 1.76. The minimum atomic E-state index is 0. The standard InChI is InChI=1S/C18H26N4O.HI/c1-5-14-7-9-15(10-8-14)13(3)21-18(19-4)20-12-17-11-16(6-2)22-23-17;/h7-11,13H,5-6,12H2,1-4H3,(H2,19,20,21);1H. The Kier molecular flexibility index (Phi) is 8.81. The number of halogens is 1. The van der Waals surface area contributed by atoms with Crippen LogP contribution in [0.4, 0.5) is 0 Å². The number of aryl methyl sites for hydroxylation is 2. The summed E-state index contributed by atoms with van der Waals surface area (Å²) in [5.41, 5.74) is 3.55. The fraction of sp³-hybridized carbons (Fsp3) is 0.444. The molecule has 0 saturated carbocycles. The minimum Gasteiger partial charge on any atom is -0.359 e. The van der Waals surface area contributed by atoms with Crippen LogP contribution in [0.15, 0.2) is 39.8 Å². The first-order valence-corrected chi connectivity index (χ1v) is 8.16. The number of rotatable bonds is 6. The fourth-order valence-corrected chi connectivity index (χ4v) is 2.30. The van der Waals surface area contributed by atoms with Crippen LogP contribution in [0, 0.1) is 0 Å². The quantitative estimate of drug-likeness (QED) is 0.406. The number of hydrogen-bond donors (Lipinski definition) is 2. The van der Waals surface area contributed by atoms with Gasteiger partial charge in [0, 0.05) is 13.1 Å². The largest absolute Gasteiger partial charge is 0.359 e. The minimum absolute atomic E-state index is 0. The van der Waals surface area contributed by atoms with Crippen molar-refractivity contribution in [2.24, 2.45) is 4.99 Å². The molecule has 0 amide bonds. The Balaban J connectivity index is 0.00000288. The number of nitrogens with one attached hydrogen (secondary N) is 2. The number of guanidine groups is 1. The highest BCUT2D eigenvalue weighted by molar-refractivity contribution is 14.0. The third-order valence-electron chi connectivity index (χ3n) is 3.86. The van der Waals surface area contributed by atoms with Gasteiger partial charge in [-0.15, -0.1) is 24.0 Å². The Morgan fingerprint density at radius 2 is 1.92 bits per heavy atom. The highest BCUT2D eigenvalue weighted by Gasteiger charge is 2.09. The van der Waals surface area contributed by atoms with Crippen LogP contribution in [-0.4, -0.2) is 18.2 Å². The molecule has 5 nitrogen and oxygen atoms in total. The maximum absolute atomic E-state index is 5.27. The van der Waals surface area contributed by atoms with Crippen molar-refractivity contribution in [3.8, 4) is 0 Å². The lowest BCUT2D eigenvalue weighted by Crippen LogP contribution is -2.38. The second-order valence-corrected chi connectivity index (χ2v) is 5.53. The van der Waals surface area contributed by atoms with Crippen molar-refractivity contribution in [3.63, 3.8) is 0 Å². The molecule has 2 N–H and O–H groups in total. The zero-order chi connectivity index (χ0) is 16.7. The van der Waals surface area contributed by atoms with E-state index in [0.717, 1.165) is 30.3 Å². The van der Waals surface area contributed by atoms with Gasteiger partial charge in [-0.05, 0) is 30.9 Å². The van der Waals surface area contributed by atoms with Gasteiger partial charge in [0.1, 0.15) is 0 Å². The van der Waals surface area contributed by atoms with Gasteiger partial charge in [-0.2, -0.15) is 0 Å². The molecule has 0 spiro atoms. The number of hydrogen-bond acceptors (Lipinski definition) is 3. The second kappa shape index (κ2) is 10.3. The lowest BCUT2D eigenvalue weighted by Gasteiger charge is -2.18. The molecule has 1 atom stereocenters. The number of aliphatic imine (C=N–C) groups is 1. The first-order chi connectivity index (χ1) is 11.2. The SMILES string of the molecule is CCc1ccc(C(C)NC(=NC)NCc2cc(CC)no2)cc1.I. The summed E-state index contributed by atoms with van der Waals surface area (Å²) in [6.07, 6.45) is 1.93. The van der Waals surface area contributed by atoms with Gasteiger partial charge < -0.3 is 15.2 Å². The van der Waals surface area contributed by atoms with Crippen LogP contribution < -0.4 is 10.6 Å². The van der Waals surface area contributed by atoms with Gasteiger partial charge in [0.2, 0.25) is 0 Å². The topological polar surface area (TPSA) is 62.5 Å². The van der Waals surface area contributed by atoms with E-state index in [9.17, 15) is 0 Å². The van der Waals surface area contributed by atoms with Crippen molar-refractivity contribution in [2.75, 3.05) is 7.05 Å². The Bertz CT molecular complexity index is 637. The van der Waals surface area contributed by atoms with E-state index in [1.807, 2.05) is 6.07 Å². The predicted molar refractivity (Wildman–Crippen MR) is 109 cm³/mol. The van der Waals surface area contributed by atoms with Crippen LogP contribution in [0.2, 0.25) is 0 Å². The van der Waals surface area contributed by atoms with Crippen LogP contribution in [0.3, 0.4) is 0 Å². The molecule has 24 heavy (non-hydrogen) atoms. The van der Waals surface area contributed by atoms with Gasteiger partial charge >= 0.3 is 0 Å². The fourth-order valence-electron chi connectivity index (χ4n) is 2.30. The van der Waals surface area contributed by atoms with Crippen LogP contribution in [0.1, 0.15) is 49.4 Å². The highest BCUT2D eigenvalue weighted by atomic mass is 127. The van der Waals surface area contributed by atoms with Crippen LogP contribution in [0.5, 0.6) is 0 Å². The van der Waals surface area contributed by atoms with Crippen LogP contribution >= 0.6 is 24.0 Å². The summed E-state index contributed by atoms with van der Waals surface area (Å²) in [5.74, 6) is 1.55. The summed E-state index contributed by atoms with van der Waals surface area (Å²) >= 11 is 0. The van der Waals surface area contributed by atoms with Gasteiger partial charge in [-0.25, -0.2) is 0 Å². The van der Waals surface area contributed by atoms with E-state index < -0.39 is 0 Å². The molecular weight excluding hydrogens is 415 g/mol. The number of aromatic nitrogens is 1. The zero-order valence-electron chi connectivity index (χ0n) is 14.8. The van der Waals surface area contributed by atoms with Gasteiger partial charge in [-0.3, -0.25) is 4.99 Å². The maximum atomic E-state index is 5.27. The zero-order valence-corrected chi connectivity index (χ0v) is 17.1. The molecule has 6 heteroatoms. The molecule has 1 heterocycles. The molecule has 132 valence electrons. The molecule has 1 unspecified atom stereocenters.